The van der Waals surface area contributed by atoms with Gasteiger partial charge in [0.15, 0.2) is 0 Å². The van der Waals surface area contributed by atoms with E-state index in [9.17, 15) is 20.4 Å². The van der Waals surface area contributed by atoms with Crippen molar-refractivity contribution < 1.29 is 29.9 Å². The van der Waals surface area contributed by atoms with E-state index >= 15 is 0 Å². The van der Waals surface area contributed by atoms with Crippen LogP contribution in [0.2, 0.25) is 0 Å². The minimum absolute atomic E-state index is 0.0664. The second-order valence-corrected chi connectivity index (χ2v) is 8.99. The van der Waals surface area contributed by atoms with Gasteiger partial charge in [-0.3, -0.25) is 0 Å². The van der Waals surface area contributed by atoms with Gasteiger partial charge in [-0.25, -0.2) is 0 Å². The van der Waals surface area contributed by atoms with E-state index < -0.39 is 12.2 Å². The van der Waals surface area contributed by atoms with Crippen LogP contribution in [0.4, 0.5) is 0 Å². The average molecular weight is 485 g/mol. The van der Waals surface area contributed by atoms with Crippen LogP contribution < -0.4 is 9.47 Å². The molecule has 2 heterocycles. The molecule has 0 aliphatic carbocycles. The Balaban J connectivity index is 0.000000148. The van der Waals surface area contributed by atoms with E-state index in [1.165, 1.54) is 0 Å². The first-order valence-electron chi connectivity index (χ1n) is 11.9. The minimum Gasteiger partial charge on any atom is -0.508 e. The molecule has 2 aliphatic heterocycles. The van der Waals surface area contributed by atoms with Gasteiger partial charge in [0.05, 0.1) is 25.4 Å². The number of aromatic hydroxyl groups is 2. The van der Waals surface area contributed by atoms with Crippen molar-refractivity contribution in [3.63, 3.8) is 0 Å². The molecule has 36 heavy (non-hydrogen) atoms. The van der Waals surface area contributed by atoms with Crippen LogP contribution >= 0.6 is 0 Å². The topological polar surface area (TPSA) is 99.4 Å². The van der Waals surface area contributed by atoms with Gasteiger partial charge >= 0.3 is 0 Å². The summed E-state index contributed by atoms with van der Waals surface area (Å²) in [5, 5.41) is 39.6. The molecule has 2 aliphatic rings. The number of hydrogen-bond donors (Lipinski definition) is 4. The number of fused-ring (bicyclic) bond motifs is 2. The lowest BCUT2D eigenvalue weighted by Gasteiger charge is -2.30. The van der Waals surface area contributed by atoms with Crippen LogP contribution in [-0.4, -0.2) is 33.6 Å². The molecule has 0 saturated carbocycles. The fraction of sp³-hybridized carbons (Fsp3) is 0.200. The number of rotatable bonds is 2. The first-order valence-corrected chi connectivity index (χ1v) is 11.9. The highest BCUT2D eigenvalue weighted by atomic mass is 16.5. The zero-order valence-corrected chi connectivity index (χ0v) is 19.6. The summed E-state index contributed by atoms with van der Waals surface area (Å²) in [4.78, 5) is 0. The number of hydrogen-bond acceptors (Lipinski definition) is 6. The summed E-state index contributed by atoms with van der Waals surface area (Å²) in [6, 6.07) is 29.3. The van der Waals surface area contributed by atoms with Crippen LogP contribution in [-0.2, 0) is 0 Å². The third-order valence-corrected chi connectivity index (χ3v) is 6.69. The molecular weight excluding hydrogens is 456 g/mol. The van der Waals surface area contributed by atoms with Gasteiger partial charge in [0.25, 0.3) is 0 Å². The molecule has 4 aromatic carbocycles. The Hall–Kier alpha value is -4.00. The normalized spacial score (nSPS) is 22.1. The van der Waals surface area contributed by atoms with Crippen molar-refractivity contribution in [3.8, 4) is 23.0 Å². The van der Waals surface area contributed by atoms with Crippen LogP contribution in [0.15, 0.2) is 97.1 Å². The minimum atomic E-state index is -0.600. The molecule has 0 amide bonds. The predicted octanol–water partition coefficient (Wildman–Crippen LogP) is 5.20. The van der Waals surface area contributed by atoms with Gasteiger partial charge in [-0.1, -0.05) is 60.7 Å². The van der Waals surface area contributed by atoms with E-state index in [1.54, 1.807) is 36.4 Å². The molecule has 4 atom stereocenters. The Labute approximate surface area is 209 Å². The molecular formula is C30H28O6. The van der Waals surface area contributed by atoms with Crippen LogP contribution in [0.1, 0.15) is 46.3 Å². The van der Waals surface area contributed by atoms with Crippen molar-refractivity contribution in [2.75, 3.05) is 13.2 Å². The predicted molar refractivity (Wildman–Crippen MR) is 135 cm³/mol. The molecule has 4 aromatic rings. The lowest BCUT2D eigenvalue weighted by atomic mass is 9.87. The Morgan fingerprint density at radius 1 is 0.528 bits per heavy atom. The highest BCUT2D eigenvalue weighted by molar-refractivity contribution is 5.45. The molecule has 0 fully saturated rings. The van der Waals surface area contributed by atoms with Crippen LogP contribution in [0.3, 0.4) is 0 Å². The molecule has 6 nitrogen and oxygen atoms in total. The SMILES string of the molecule is Oc1ccc2c(c1)OCC(c1ccccc1)C2O.Oc1ccc2c(c1)OC[C@@H](c1ccccc1)[C@@H]2O. The van der Waals surface area contributed by atoms with Gasteiger partial charge in [0, 0.05) is 35.1 Å². The smallest absolute Gasteiger partial charge is 0.128 e. The Morgan fingerprint density at radius 2 is 0.917 bits per heavy atom. The summed E-state index contributed by atoms with van der Waals surface area (Å²) < 4.78 is 11.2. The van der Waals surface area contributed by atoms with Crippen molar-refractivity contribution >= 4 is 0 Å². The third kappa shape index (κ3) is 4.87. The molecule has 2 unspecified atom stereocenters. The molecule has 0 spiro atoms. The van der Waals surface area contributed by atoms with Gasteiger partial charge in [-0.2, -0.15) is 0 Å². The van der Waals surface area contributed by atoms with Gasteiger partial charge in [-0.05, 0) is 35.4 Å². The Bertz CT molecular complexity index is 1200. The van der Waals surface area contributed by atoms with E-state index in [0.29, 0.717) is 24.7 Å². The molecule has 6 heteroatoms. The number of phenols is 2. The van der Waals surface area contributed by atoms with Crippen molar-refractivity contribution in [3.05, 3.63) is 119 Å². The van der Waals surface area contributed by atoms with E-state index in [-0.39, 0.29) is 23.3 Å². The molecule has 6 rings (SSSR count). The summed E-state index contributed by atoms with van der Waals surface area (Å²) in [7, 11) is 0. The quantitative estimate of drug-likeness (QED) is 0.312. The highest BCUT2D eigenvalue weighted by Crippen LogP contribution is 2.42. The highest BCUT2D eigenvalue weighted by Gasteiger charge is 2.31. The summed E-state index contributed by atoms with van der Waals surface area (Å²) in [5.74, 6) is 1.30. The van der Waals surface area contributed by atoms with Crippen molar-refractivity contribution in [1.82, 2.24) is 0 Å². The Morgan fingerprint density at radius 3 is 1.31 bits per heavy atom. The fourth-order valence-electron chi connectivity index (χ4n) is 4.72. The van der Waals surface area contributed by atoms with Gasteiger partial charge < -0.3 is 29.9 Å². The molecule has 0 radical (unpaired) electrons. The molecule has 0 saturated heterocycles. The second-order valence-electron chi connectivity index (χ2n) is 8.99. The zero-order chi connectivity index (χ0) is 25.1. The summed E-state index contributed by atoms with van der Waals surface area (Å²) in [5.41, 5.74) is 3.58. The first-order chi connectivity index (χ1) is 17.5. The van der Waals surface area contributed by atoms with E-state index in [0.717, 1.165) is 22.3 Å². The van der Waals surface area contributed by atoms with E-state index in [4.69, 9.17) is 9.47 Å². The van der Waals surface area contributed by atoms with Crippen molar-refractivity contribution in [2.24, 2.45) is 0 Å². The van der Waals surface area contributed by atoms with Crippen molar-refractivity contribution in [2.45, 2.75) is 24.0 Å². The largest absolute Gasteiger partial charge is 0.508 e. The van der Waals surface area contributed by atoms with E-state index in [2.05, 4.69) is 0 Å². The number of ether oxygens (including phenoxy) is 2. The maximum absolute atomic E-state index is 10.4. The number of phenolic OH excluding ortho intramolecular Hbond substituents is 2. The number of aliphatic hydroxyl groups excluding tert-OH is 2. The number of aliphatic hydroxyl groups is 2. The molecule has 0 bridgehead atoms. The first kappa shape index (κ1) is 23.7. The van der Waals surface area contributed by atoms with Gasteiger partial charge in [0.2, 0.25) is 0 Å². The lowest BCUT2D eigenvalue weighted by molar-refractivity contribution is 0.0884. The molecule has 184 valence electrons. The fourth-order valence-corrected chi connectivity index (χ4v) is 4.72. The maximum atomic E-state index is 10.4. The Kier molecular flexibility index (Phi) is 6.80. The summed E-state index contributed by atoms with van der Waals surface area (Å²) in [6.07, 6.45) is -1.20. The van der Waals surface area contributed by atoms with Crippen LogP contribution in [0.5, 0.6) is 23.0 Å². The summed E-state index contributed by atoms with van der Waals surface area (Å²) in [6.45, 7) is 0.837. The van der Waals surface area contributed by atoms with Crippen LogP contribution in [0, 0.1) is 0 Å². The summed E-state index contributed by atoms with van der Waals surface area (Å²) >= 11 is 0. The van der Waals surface area contributed by atoms with Crippen molar-refractivity contribution in [1.29, 1.82) is 0 Å². The van der Waals surface area contributed by atoms with Gasteiger partial charge in [-0.15, -0.1) is 0 Å². The number of benzene rings is 4. The maximum Gasteiger partial charge on any atom is 0.128 e. The second kappa shape index (κ2) is 10.3. The monoisotopic (exact) mass is 484 g/mol. The average Bonchev–Trinajstić information content (AvgIpc) is 2.90. The van der Waals surface area contributed by atoms with Gasteiger partial charge in [0.1, 0.15) is 23.0 Å². The molecule has 0 aromatic heterocycles. The van der Waals surface area contributed by atoms with Crippen LogP contribution in [0.25, 0.3) is 0 Å². The zero-order valence-electron chi connectivity index (χ0n) is 19.6. The standard InChI is InChI=1S/2C15H14O3/c2*16-11-6-7-12-14(8-11)18-9-13(15(12)17)10-4-2-1-3-5-10/h2*1-8,13,15-17H,9H2/t13-,15+;/m0./s1. The van der Waals surface area contributed by atoms with E-state index in [1.807, 2.05) is 60.7 Å². The third-order valence-electron chi connectivity index (χ3n) is 6.69. The molecule has 4 N–H and O–H groups in total. The lowest BCUT2D eigenvalue weighted by Crippen LogP contribution is -2.24.